The second kappa shape index (κ2) is 2.99. The molecule has 1 aromatic carbocycles. The minimum absolute atomic E-state index is 0.223. The van der Waals surface area contributed by atoms with Gasteiger partial charge in [-0.2, -0.15) is 0 Å². The van der Waals surface area contributed by atoms with Gasteiger partial charge in [0, 0.05) is 25.3 Å². The van der Waals surface area contributed by atoms with Crippen LogP contribution in [0.1, 0.15) is 29.8 Å². The smallest absolute Gasteiger partial charge is 0.339 e. The maximum Gasteiger partial charge on any atom is 0.339 e. The van der Waals surface area contributed by atoms with Crippen LogP contribution in [0.25, 0.3) is 0 Å². The number of esters is 1. The summed E-state index contributed by atoms with van der Waals surface area (Å²) in [5.74, 6) is -0.223. The SMILES string of the molecule is CN(C)c1ccc2c(c1)C(=O)OC2(C)C. The Balaban J connectivity index is 2.56. The molecule has 1 aromatic rings. The van der Waals surface area contributed by atoms with Crippen LogP contribution in [0, 0.1) is 0 Å². The molecule has 0 bridgehead atoms. The highest BCUT2D eigenvalue weighted by atomic mass is 16.6. The Morgan fingerprint density at radius 2 is 1.93 bits per heavy atom. The van der Waals surface area contributed by atoms with Crippen molar-refractivity contribution in [1.82, 2.24) is 0 Å². The maximum atomic E-state index is 11.6. The summed E-state index contributed by atoms with van der Waals surface area (Å²) in [4.78, 5) is 13.6. The van der Waals surface area contributed by atoms with Crippen LogP contribution in [0.3, 0.4) is 0 Å². The first-order chi connectivity index (χ1) is 6.92. The molecule has 0 aromatic heterocycles. The molecule has 2 rings (SSSR count). The van der Waals surface area contributed by atoms with Crippen LogP contribution in [0.4, 0.5) is 5.69 Å². The molecule has 1 heterocycles. The van der Waals surface area contributed by atoms with Crippen molar-refractivity contribution in [2.24, 2.45) is 0 Å². The van der Waals surface area contributed by atoms with Gasteiger partial charge in [-0.15, -0.1) is 0 Å². The largest absolute Gasteiger partial charge is 0.451 e. The van der Waals surface area contributed by atoms with Gasteiger partial charge in [0.05, 0.1) is 5.56 Å². The number of carbonyl (C=O) groups excluding carboxylic acids is 1. The fourth-order valence-electron chi connectivity index (χ4n) is 1.85. The maximum absolute atomic E-state index is 11.6. The van der Waals surface area contributed by atoms with Gasteiger partial charge < -0.3 is 9.64 Å². The zero-order valence-corrected chi connectivity index (χ0v) is 9.50. The molecule has 0 saturated heterocycles. The van der Waals surface area contributed by atoms with Gasteiger partial charge in [-0.3, -0.25) is 0 Å². The van der Waals surface area contributed by atoms with Crippen molar-refractivity contribution in [3.63, 3.8) is 0 Å². The summed E-state index contributed by atoms with van der Waals surface area (Å²) < 4.78 is 5.30. The molecular formula is C12H15NO2. The Hall–Kier alpha value is -1.51. The zero-order chi connectivity index (χ0) is 11.2. The highest BCUT2D eigenvalue weighted by Gasteiger charge is 2.37. The third-order valence-electron chi connectivity index (χ3n) is 2.74. The lowest BCUT2D eigenvalue weighted by Crippen LogP contribution is -2.16. The Kier molecular flexibility index (Phi) is 2.00. The lowest BCUT2D eigenvalue weighted by molar-refractivity contribution is 0.00954. The van der Waals surface area contributed by atoms with Gasteiger partial charge in [0.25, 0.3) is 0 Å². The first-order valence-corrected chi connectivity index (χ1v) is 4.97. The number of anilines is 1. The standard InChI is InChI=1S/C12H15NO2/c1-12(2)10-6-5-8(13(3)4)7-9(10)11(14)15-12/h5-7H,1-4H3. The highest BCUT2D eigenvalue weighted by Crippen LogP contribution is 2.37. The van der Waals surface area contributed by atoms with E-state index in [9.17, 15) is 4.79 Å². The number of benzene rings is 1. The molecule has 0 unspecified atom stereocenters. The average molecular weight is 205 g/mol. The minimum atomic E-state index is -0.489. The molecule has 0 N–H and O–H groups in total. The van der Waals surface area contributed by atoms with Gasteiger partial charge >= 0.3 is 5.97 Å². The molecule has 0 radical (unpaired) electrons. The van der Waals surface area contributed by atoms with Gasteiger partial charge in [-0.05, 0) is 26.0 Å². The highest BCUT2D eigenvalue weighted by molar-refractivity contribution is 5.95. The quantitative estimate of drug-likeness (QED) is 0.658. The molecule has 0 amide bonds. The van der Waals surface area contributed by atoms with Crippen molar-refractivity contribution >= 4 is 11.7 Å². The summed E-state index contributed by atoms with van der Waals surface area (Å²) in [5, 5.41) is 0. The molecule has 0 saturated carbocycles. The predicted octanol–water partition coefficient (Wildman–Crippen LogP) is 2.16. The molecule has 0 spiro atoms. The van der Waals surface area contributed by atoms with E-state index < -0.39 is 5.60 Å². The molecule has 0 atom stereocenters. The van der Waals surface area contributed by atoms with E-state index in [2.05, 4.69) is 0 Å². The number of hydrogen-bond acceptors (Lipinski definition) is 3. The Bertz CT molecular complexity index is 422. The molecule has 0 aliphatic carbocycles. The number of rotatable bonds is 1. The van der Waals surface area contributed by atoms with E-state index in [0.717, 1.165) is 11.3 Å². The van der Waals surface area contributed by atoms with Crippen molar-refractivity contribution in [3.8, 4) is 0 Å². The number of nitrogens with zero attached hydrogens (tertiary/aromatic N) is 1. The molecule has 80 valence electrons. The molecule has 3 nitrogen and oxygen atoms in total. The van der Waals surface area contributed by atoms with E-state index >= 15 is 0 Å². The van der Waals surface area contributed by atoms with E-state index in [4.69, 9.17) is 4.74 Å². The van der Waals surface area contributed by atoms with Crippen molar-refractivity contribution in [1.29, 1.82) is 0 Å². The van der Waals surface area contributed by atoms with Crippen molar-refractivity contribution in [2.75, 3.05) is 19.0 Å². The summed E-state index contributed by atoms with van der Waals surface area (Å²) in [6.45, 7) is 3.82. The molecule has 1 aliphatic rings. The van der Waals surface area contributed by atoms with E-state index in [-0.39, 0.29) is 5.97 Å². The number of ether oxygens (including phenoxy) is 1. The van der Waals surface area contributed by atoms with Gasteiger partial charge in [-0.1, -0.05) is 6.07 Å². The Morgan fingerprint density at radius 3 is 2.53 bits per heavy atom. The van der Waals surface area contributed by atoms with Crippen LogP contribution < -0.4 is 4.90 Å². The van der Waals surface area contributed by atoms with Crippen LogP contribution in [-0.4, -0.2) is 20.1 Å². The van der Waals surface area contributed by atoms with E-state index in [0.29, 0.717) is 5.56 Å². The third-order valence-corrected chi connectivity index (χ3v) is 2.74. The van der Waals surface area contributed by atoms with Gasteiger partial charge in [0.15, 0.2) is 0 Å². The topological polar surface area (TPSA) is 29.5 Å². The number of fused-ring (bicyclic) bond motifs is 1. The third kappa shape index (κ3) is 1.48. The number of cyclic esters (lactones) is 1. The summed E-state index contributed by atoms with van der Waals surface area (Å²) in [6.07, 6.45) is 0. The molecule has 0 fully saturated rings. The van der Waals surface area contributed by atoms with E-state index in [1.165, 1.54) is 0 Å². The van der Waals surface area contributed by atoms with Crippen LogP contribution in [0.2, 0.25) is 0 Å². The fraction of sp³-hybridized carbons (Fsp3) is 0.417. The fourth-order valence-corrected chi connectivity index (χ4v) is 1.85. The monoisotopic (exact) mass is 205 g/mol. The summed E-state index contributed by atoms with van der Waals surface area (Å²) in [7, 11) is 3.90. The molecule has 15 heavy (non-hydrogen) atoms. The lowest BCUT2D eigenvalue weighted by atomic mass is 9.95. The number of hydrogen-bond donors (Lipinski definition) is 0. The Morgan fingerprint density at radius 1 is 1.27 bits per heavy atom. The lowest BCUT2D eigenvalue weighted by Gasteiger charge is -2.18. The minimum Gasteiger partial charge on any atom is -0.451 e. The summed E-state index contributed by atoms with van der Waals surface area (Å²) in [6, 6.07) is 5.85. The summed E-state index contributed by atoms with van der Waals surface area (Å²) in [5.41, 5.74) is 2.18. The van der Waals surface area contributed by atoms with Crippen LogP contribution >= 0.6 is 0 Å². The van der Waals surface area contributed by atoms with Crippen molar-refractivity contribution in [2.45, 2.75) is 19.4 Å². The Labute approximate surface area is 89.7 Å². The first kappa shape index (κ1) is 10.0. The van der Waals surface area contributed by atoms with Crippen LogP contribution in [-0.2, 0) is 10.3 Å². The second-order valence-electron chi connectivity index (χ2n) is 4.52. The number of carbonyl (C=O) groups is 1. The van der Waals surface area contributed by atoms with Crippen LogP contribution in [0.5, 0.6) is 0 Å². The molecule has 1 aliphatic heterocycles. The van der Waals surface area contributed by atoms with E-state index in [1.807, 2.05) is 51.0 Å². The van der Waals surface area contributed by atoms with Crippen LogP contribution in [0.15, 0.2) is 18.2 Å². The average Bonchev–Trinajstić information content (AvgIpc) is 2.37. The van der Waals surface area contributed by atoms with E-state index in [1.54, 1.807) is 0 Å². The van der Waals surface area contributed by atoms with Gasteiger partial charge in [0.1, 0.15) is 5.60 Å². The predicted molar refractivity (Wildman–Crippen MR) is 59.2 cm³/mol. The molecule has 3 heteroatoms. The second-order valence-corrected chi connectivity index (χ2v) is 4.52. The first-order valence-electron chi connectivity index (χ1n) is 4.97. The molecular weight excluding hydrogens is 190 g/mol. The van der Waals surface area contributed by atoms with Gasteiger partial charge in [-0.25, -0.2) is 4.79 Å². The van der Waals surface area contributed by atoms with Crippen molar-refractivity contribution in [3.05, 3.63) is 29.3 Å². The zero-order valence-electron chi connectivity index (χ0n) is 9.50. The van der Waals surface area contributed by atoms with Crippen molar-refractivity contribution < 1.29 is 9.53 Å². The van der Waals surface area contributed by atoms with Gasteiger partial charge in [0.2, 0.25) is 0 Å². The summed E-state index contributed by atoms with van der Waals surface area (Å²) >= 11 is 0. The normalized spacial score (nSPS) is 17.2.